The molecular weight excluding hydrogens is 276 g/mol. The van der Waals surface area contributed by atoms with E-state index in [1.807, 2.05) is 32.9 Å². The third kappa shape index (κ3) is 6.57. The van der Waals surface area contributed by atoms with Crippen LogP contribution >= 0.6 is 11.6 Å². The molecule has 0 fully saturated rings. The minimum atomic E-state index is -0.0988. The van der Waals surface area contributed by atoms with E-state index in [4.69, 9.17) is 16.3 Å². The third-order valence-electron chi connectivity index (χ3n) is 2.50. The van der Waals surface area contributed by atoms with E-state index in [1.54, 1.807) is 12.3 Å². The fraction of sp³-hybridized carbons (Fsp3) is 0.467. The lowest BCUT2D eigenvalue weighted by Gasteiger charge is -2.08. The van der Waals surface area contributed by atoms with Gasteiger partial charge in [-0.15, -0.1) is 0 Å². The quantitative estimate of drug-likeness (QED) is 0.475. The van der Waals surface area contributed by atoms with Crippen LogP contribution in [0.2, 0.25) is 5.02 Å². The molecule has 0 atom stereocenters. The van der Waals surface area contributed by atoms with Gasteiger partial charge in [-0.3, -0.25) is 4.79 Å². The minimum absolute atomic E-state index is 0.0988. The minimum Gasteiger partial charge on any atom is -0.493 e. The van der Waals surface area contributed by atoms with Crippen molar-refractivity contribution < 1.29 is 9.53 Å². The number of ether oxygens (including phenoxy) is 1. The highest BCUT2D eigenvalue weighted by atomic mass is 35.5. The van der Waals surface area contributed by atoms with E-state index in [9.17, 15) is 4.79 Å². The molecule has 1 amide bonds. The van der Waals surface area contributed by atoms with Crippen LogP contribution in [0.25, 0.3) is 0 Å². The largest absolute Gasteiger partial charge is 0.493 e. The van der Waals surface area contributed by atoms with Crippen LogP contribution in [0.1, 0.15) is 32.3 Å². The van der Waals surface area contributed by atoms with Crippen LogP contribution in [0.3, 0.4) is 0 Å². The molecule has 0 aliphatic heterocycles. The summed E-state index contributed by atoms with van der Waals surface area (Å²) in [6, 6.07) is 5.48. The normalized spacial score (nSPS) is 11.1. The Labute approximate surface area is 125 Å². The maximum Gasteiger partial charge on any atom is 0.240 e. The van der Waals surface area contributed by atoms with Crippen LogP contribution in [-0.4, -0.2) is 18.7 Å². The van der Waals surface area contributed by atoms with Crippen LogP contribution < -0.4 is 10.2 Å². The Morgan fingerprint density at radius 2 is 2.25 bits per heavy atom. The molecule has 0 aliphatic carbocycles. The van der Waals surface area contributed by atoms with Crippen molar-refractivity contribution in [3.63, 3.8) is 0 Å². The van der Waals surface area contributed by atoms with E-state index in [-0.39, 0.29) is 5.91 Å². The first-order chi connectivity index (χ1) is 9.49. The van der Waals surface area contributed by atoms with Gasteiger partial charge in [-0.1, -0.05) is 25.4 Å². The smallest absolute Gasteiger partial charge is 0.240 e. The summed E-state index contributed by atoms with van der Waals surface area (Å²) < 4.78 is 5.61. The third-order valence-corrected chi connectivity index (χ3v) is 2.74. The van der Waals surface area contributed by atoms with Gasteiger partial charge in [0.05, 0.1) is 6.61 Å². The zero-order valence-corrected chi connectivity index (χ0v) is 12.9. The highest BCUT2D eigenvalue weighted by Crippen LogP contribution is 2.21. The molecule has 0 saturated heterocycles. The molecule has 0 bridgehead atoms. The Bertz CT molecular complexity index is 473. The molecular formula is C15H21ClN2O2. The molecule has 1 aromatic rings. The maximum atomic E-state index is 11.4. The van der Waals surface area contributed by atoms with Gasteiger partial charge in [0, 0.05) is 17.7 Å². The van der Waals surface area contributed by atoms with Crippen molar-refractivity contribution in [1.29, 1.82) is 0 Å². The fourth-order valence-electron chi connectivity index (χ4n) is 1.50. The number of aryl methyl sites for hydroxylation is 1. The Morgan fingerprint density at radius 3 is 2.90 bits per heavy atom. The number of hydrogen-bond acceptors (Lipinski definition) is 3. The maximum absolute atomic E-state index is 11.4. The highest BCUT2D eigenvalue weighted by Gasteiger charge is 2.02. The van der Waals surface area contributed by atoms with Crippen molar-refractivity contribution in [1.82, 2.24) is 5.43 Å². The van der Waals surface area contributed by atoms with Crippen molar-refractivity contribution >= 4 is 23.7 Å². The zero-order valence-electron chi connectivity index (χ0n) is 12.1. The Kier molecular flexibility index (Phi) is 7.09. The Balaban J connectivity index is 2.23. The van der Waals surface area contributed by atoms with E-state index in [0.29, 0.717) is 30.4 Å². The Morgan fingerprint density at radius 1 is 1.50 bits per heavy atom. The van der Waals surface area contributed by atoms with Crippen LogP contribution in [-0.2, 0) is 4.79 Å². The average Bonchev–Trinajstić information content (AvgIpc) is 2.36. The molecule has 1 N–H and O–H groups in total. The number of hydrazone groups is 1. The van der Waals surface area contributed by atoms with Gasteiger partial charge in [0.25, 0.3) is 0 Å². The lowest BCUT2D eigenvalue weighted by molar-refractivity contribution is -0.121. The van der Waals surface area contributed by atoms with Gasteiger partial charge in [-0.25, -0.2) is 5.43 Å². The summed E-state index contributed by atoms with van der Waals surface area (Å²) in [5, 5.41) is 4.54. The van der Waals surface area contributed by atoms with Crippen molar-refractivity contribution in [2.45, 2.75) is 33.6 Å². The number of hydrogen-bond donors (Lipinski definition) is 1. The molecule has 20 heavy (non-hydrogen) atoms. The van der Waals surface area contributed by atoms with Crippen molar-refractivity contribution in [2.75, 3.05) is 6.61 Å². The molecule has 0 unspecified atom stereocenters. The van der Waals surface area contributed by atoms with Crippen molar-refractivity contribution in [2.24, 2.45) is 11.0 Å². The summed E-state index contributed by atoms with van der Waals surface area (Å²) in [5.41, 5.74) is 3.48. The molecule has 4 nitrogen and oxygen atoms in total. The molecule has 0 radical (unpaired) electrons. The summed E-state index contributed by atoms with van der Waals surface area (Å²) in [4.78, 5) is 11.4. The molecule has 0 aliphatic rings. The van der Waals surface area contributed by atoms with Gasteiger partial charge in [-0.05, 0) is 43.0 Å². The number of nitrogens with one attached hydrogen (secondary N) is 1. The number of halogens is 1. The summed E-state index contributed by atoms with van der Waals surface area (Å²) in [6.07, 6.45) is 2.73. The molecule has 0 aromatic heterocycles. The molecule has 110 valence electrons. The van der Waals surface area contributed by atoms with Crippen molar-refractivity contribution in [3.8, 4) is 5.75 Å². The number of nitrogens with zero attached hydrogens (tertiary/aromatic N) is 1. The van der Waals surface area contributed by atoms with Crippen molar-refractivity contribution in [3.05, 3.63) is 28.8 Å². The molecule has 1 rings (SSSR count). The lowest BCUT2D eigenvalue weighted by atomic mass is 10.2. The summed E-state index contributed by atoms with van der Waals surface area (Å²) in [7, 11) is 0. The number of benzene rings is 1. The van der Waals surface area contributed by atoms with E-state index >= 15 is 0 Å². The molecule has 0 saturated carbocycles. The summed E-state index contributed by atoms with van der Waals surface area (Å²) in [5.74, 6) is 1.03. The topological polar surface area (TPSA) is 50.7 Å². The monoisotopic (exact) mass is 296 g/mol. The standard InChI is InChI=1S/C15H21ClN2O2/c1-11(2)10-17-18-15(19)5-4-8-20-14-7-6-13(16)9-12(14)3/h6-7,9-11H,4-5,8H2,1-3H3,(H,18,19). The fourth-order valence-corrected chi connectivity index (χ4v) is 1.73. The van der Waals surface area contributed by atoms with E-state index < -0.39 is 0 Å². The molecule has 0 spiro atoms. The zero-order chi connectivity index (χ0) is 15.0. The number of rotatable bonds is 7. The van der Waals surface area contributed by atoms with Crippen LogP contribution in [0.4, 0.5) is 0 Å². The van der Waals surface area contributed by atoms with E-state index in [1.165, 1.54) is 0 Å². The van der Waals surface area contributed by atoms with Crippen LogP contribution in [0, 0.1) is 12.8 Å². The van der Waals surface area contributed by atoms with Gasteiger partial charge < -0.3 is 4.74 Å². The SMILES string of the molecule is Cc1cc(Cl)ccc1OCCCC(=O)NN=CC(C)C. The second-order valence-corrected chi connectivity index (χ2v) is 5.36. The van der Waals surface area contributed by atoms with Crippen LogP contribution in [0.15, 0.2) is 23.3 Å². The Hall–Kier alpha value is -1.55. The van der Waals surface area contributed by atoms with Gasteiger partial charge in [-0.2, -0.15) is 5.10 Å². The lowest BCUT2D eigenvalue weighted by Crippen LogP contribution is -2.18. The summed E-state index contributed by atoms with van der Waals surface area (Å²) in [6.45, 7) is 6.42. The first-order valence-electron chi connectivity index (χ1n) is 6.70. The number of carbonyl (C=O) groups excluding carboxylic acids is 1. The highest BCUT2D eigenvalue weighted by molar-refractivity contribution is 6.30. The predicted octanol–water partition coefficient (Wildman–Crippen LogP) is 3.57. The predicted molar refractivity (Wildman–Crippen MR) is 82.4 cm³/mol. The molecule has 1 aromatic carbocycles. The van der Waals surface area contributed by atoms with E-state index in [0.717, 1.165) is 11.3 Å². The van der Waals surface area contributed by atoms with Gasteiger partial charge in [0.1, 0.15) is 5.75 Å². The van der Waals surface area contributed by atoms with Gasteiger partial charge in [0.2, 0.25) is 5.91 Å². The second-order valence-electron chi connectivity index (χ2n) is 4.92. The first kappa shape index (κ1) is 16.5. The molecule has 5 heteroatoms. The summed E-state index contributed by atoms with van der Waals surface area (Å²) >= 11 is 5.87. The second kappa shape index (κ2) is 8.59. The average molecular weight is 297 g/mol. The first-order valence-corrected chi connectivity index (χ1v) is 7.08. The van der Waals surface area contributed by atoms with Crippen LogP contribution in [0.5, 0.6) is 5.75 Å². The number of carbonyl (C=O) groups is 1. The molecule has 0 heterocycles. The van der Waals surface area contributed by atoms with Gasteiger partial charge >= 0.3 is 0 Å². The number of amides is 1. The van der Waals surface area contributed by atoms with Gasteiger partial charge in [0.15, 0.2) is 0 Å². The van der Waals surface area contributed by atoms with E-state index in [2.05, 4.69) is 10.5 Å².